The molecule has 9 rings (SSSR count). The van der Waals surface area contributed by atoms with Gasteiger partial charge in [-0.15, -0.1) is 0 Å². The van der Waals surface area contributed by atoms with Gasteiger partial charge in [0.15, 0.2) is 15.1 Å². The number of halogens is 9. The van der Waals surface area contributed by atoms with Gasteiger partial charge in [-0.05, 0) is 173 Å². The summed E-state index contributed by atoms with van der Waals surface area (Å²) in [5, 5.41) is -1.05. The van der Waals surface area contributed by atoms with Crippen LogP contribution in [0.4, 0.5) is 39.5 Å². The molecule has 3 amide bonds. The Kier molecular flexibility index (Phi) is 32.7. The van der Waals surface area contributed by atoms with Gasteiger partial charge in [-0.2, -0.15) is 51.6 Å². The molecule has 3 aromatic carbocycles. The van der Waals surface area contributed by atoms with Gasteiger partial charge < -0.3 is 23.7 Å². The summed E-state index contributed by atoms with van der Waals surface area (Å²) in [7, 11) is -13.0. The summed E-state index contributed by atoms with van der Waals surface area (Å²) >= 11 is 0. The van der Waals surface area contributed by atoms with Gasteiger partial charge in [0.05, 0.1) is 54.8 Å². The number of rotatable bonds is 33. The molecule has 0 fully saturated rings. The number of hydrogen-bond donors (Lipinski definition) is 3. The van der Waals surface area contributed by atoms with E-state index >= 15 is 0 Å². The van der Waals surface area contributed by atoms with Gasteiger partial charge in [0.2, 0.25) is 11.8 Å². The average Bonchev–Trinajstić information content (AvgIpc) is 0.810. The first-order valence-electron chi connectivity index (χ1n) is 36.0. The molecule has 35 heteroatoms. The summed E-state index contributed by atoms with van der Waals surface area (Å²) < 4.78 is 228. The number of sulfonamides is 3. The zero-order valence-electron chi connectivity index (χ0n) is 64.3. The van der Waals surface area contributed by atoms with Crippen molar-refractivity contribution in [3.8, 4) is 62.8 Å². The van der Waals surface area contributed by atoms with Crippen molar-refractivity contribution in [3.05, 3.63) is 215 Å². The van der Waals surface area contributed by atoms with Crippen molar-refractivity contribution >= 4 is 47.8 Å². The van der Waals surface area contributed by atoms with E-state index in [1.165, 1.54) is 97.1 Å². The molecule has 0 atom stereocenters. The predicted molar refractivity (Wildman–Crippen MR) is 423 cm³/mol. The SMILES string of the molecule is CCCCCCc1nc(-c2cc(F)cc(OCC(C)C)c2)ccc1C(=O)NS(=O)(=O)c1cccc(C)n1.Cc1cccc(S(=O)(=O)NC(=O)c2ccc(-c3cc(F)cc(OCC(C)C)c3)nc2OC/C=C/C(F)(F)F)n1.Cc1cccc(S(=O)(=O)NC(=O)c2ccc(-c3cc(F)cc(OCC(C)C)c3)nc2OCCCC(F)(F)F)n1.[HH].[HH].[HH].[HH].[HH].[HH]. The molecule has 23 nitrogen and oxygen atoms in total. The van der Waals surface area contributed by atoms with Gasteiger partial charge in [0.25, 0.3) is 47.8 Å². The molecule has 3 N–H and O–H groups in total. The lowest BCUT2D eigenvalue weighted by Gasteiger charge is -2.14. The Morgan fingerprint density at radius 3 is 1.17 bits per heavy atom. The third kappa shape index (κ3) is 29.7. The van der Waals surface area contributed by atoms with Crippen LogP contribution in [0.1, 0.15) is 149 Å². The lowest BCUT2D eigenvalue weighted by molar-refractivity contribution is -0.136. The molecule has 0 aliphatic heterocycles. The normalized spacial score (nSPS) is 11.8. The number of unbranched alkanes of at least 4 members (excludes halogenated alkanes) is 3. The summed E-state index contributed by atoms with van der Waals surface area (Å²) in [6.45, 7) is 18.6. The van der Waals surface area contributed by atoms with E-state index in [4.69, 9.17) is 23.7 Å². The Labute approximate surface area is 670 Å². The number of pyridine rings is 6. The molecule has 6 aromatic heterocycles. The van der Waals surface area contributed by atoms with E-state index in [2.05, 4.69) is 41.5 Å². The summed E-state index contributed by atoms with van der Waals surface area (Å²) in [6, 6.07) is 33.2. The van der Waals surface area contributed by atoms with Crippen LogP contribution >= 0.6 is 0 Å². The van der Waals surface area contributed by atoms with Crippen molar-refractivity contribution in [3.63, 3.8) is 0 Å². The van der Waals surface area contributed by atoms with E-state index in [0.29, 0.717) is 72.1 Å². The van der Waals surface area contributed by atoms with Crippen LogP contribution in [-0.2, 0) is 36.5 Å². The molecule has 6 heterocycles. The number of alkyl halides is 6. The van der Waals surface area contributed by atoms with Crippen LogP contribution in [0.15, 0.2) is 173 Å². The highest BCUT2D eigenvalue weighted by Gasteiger charge is 2.30. The Balaban J connectivity index is 0.000000886. The number of allylic oxidation sites excluding steroid dienone is 1. The zero-order chi connectivity index (χ0) is 84.6. The number of ether oxygens (including phenoxy) is 5. The number of nitrogens with one attached hydrogen (secondary N) is 3. The maximum absolute atomic E-state index is 14.4. The van der Waals surface area contributed by atoms with Crippen molar-refractivity contribution < 1.29 is 111 Å². The van der Waals surface area contributed by atoms with Crippen molar-refractivity contribution in [2.24, 2.45) is 17.8 Å². The monoisotopic (exact) mass is 1680 g/mol. The van der Waals surface area contributed by atoms with Crippen LogP contribution in [-0.4, -0.2) is 118 Å². The first-order valence-corrected chi connectivity index (χ1v) is 40.4. The van der Waals surface area contributed by atoms with Crippen molar-refractivity contribution in [2.45, 2.75) is 142 Å². The standard InChI is InChI=1S/C28H34FN3O4S.C26H27F4N3O5S.C26H25F4N3O5S.6H2/c1-5-6-7-8-11-26-24(28(33)32-37(34,35)27-12-9-10-20(4)30-27)13-14-25(31-26)21-15-22(29)17-23(16-21)36-18-19(2)3;2*1-16(2)15-38-20-13-18(12-19(27)14-20)22-9-8-21(25(32-22)37-11-5-10-26(28,29)30)24(34)33-39(35,36)23-7-4-6-17(3)31-23;;;;;;/h9-10,12-17,19H,5-8,11,18H2,1-4H3,(H,32,33);4,6-9,12-14,16H,5,10-11,15H2,1-3H3,(H,33,34);4-10,12-14,16H,11,15H2,1-3H3,(H,33,34);6*1H/b;;10-5+;;;;;;. The van der Waals surface area contributed by atoms with Crippen LogP contribution in [0, 0.1) is 56.0 Å². The molecular weight excluding hydrogens is 1580 g/mol. The highest BCUT2D eigenvalue weighted by Crippen LogP contribution is 2.33. The van der Waals surface area contributed by atoms with E-state index in [-0.39, 0.29) is 88.1 Å². The number of amides is 3. The van der Waals surface area contributed by atoms with Gasteiger partial charge in [-0.25, -0.2) is 52.3 Å². The molecule has 9 aromatic rings. The van der Waals surface area contributed by atoms with Crippen LogP contribution < -0.4 is 37.9 Å². The Morgan fingerprint density at radius 2 is 0.809 bits per heavy atom. The summed E-state index contributed by atoms with van der Waals surface area (Å²) in [5.74, 6) is -4.23. The molecule has 115 heavy (non-hydrogen) atoms. The second-order valence-corrected chi connectivity index (χ2v) is 32.1. The fourth-order valence-corrected chi connectivity index (χ4v) is 13.1. The van der Waals surface area contributed by atoms with Gasteiger partial charge in [-0.1, -0.05) is 85.9 Å². The van der Waals surface area contributed by atoms with E-state index in [0.717, 1.165) is 37.8 Å². The first-order chi connectivity index (χ1) is 54.0. The number of hydrogen-bond acceptors (Lipinski definition) is 20. The largest absolute Gasteiger partial charge is 0.493 e. The molecule has 0 aliphatic rings. The number of carbonyl (C=O) groups is 3. The number of carbonyl (C=O) groups excluding carboxylic acids is 3. The Hall–Kier alpha value is -11.1. The summed E-state index contributed by atoms with van der Waals surface area (Å²) in [5.41, 5.74) is 2.86. The lowest BCUT2D eigenvalue weighted by Crippen LogP contribution is -2.32. The van der Waals surface area contributed by atoms with Crippen molar-refractivity contribution in [1.29, 1.82) is 0 Å². The lowest BCUT2D eigenvalue weighted by atomic mass is 10.0. The molecule has 0 spiro atoms. The minimum absolute atomic E-state index is 0. The highest BCUT2D eigenvalue weighted by atomic mass is 32.2. The maximum Gasteiger partial charge on any atom is 0.409 e. The topological polar surface area (TPSA) is 313 Å². The maximum atomic E-state index is 14.4. The first kappa shape index (κ1) is 91.1. The van der Waals surface area contributed by atoms with Gasteiger partial charge in [0.1, 0.15) is 52.4 Å². The van der Waals surface area contributed by atoms with Crippen LogP contribution in [0.2, 0.25) is 0 Å². The number of aromatic nitrogens is 6. The van der Waals surface area contributed by atoms with Crippen molar-refractivity contribution in [2.75, 3.05) is 33.0 Å². The average molecular weight is 1680 g/mol. The fraction of sp³-hybridized carbons (Fsp3) is 0.338. The Morgan fingerprint density at radius 1 is 0.443 bits per heavy atom. The third-order valence-corrected chi connectivity index (χ3v) is 19.2. The molecule has 0 aliphatic carbocycles. The van der Waals surface area contributed by atoms with E-state index in [9.17, 15) is 79.2 Å². The molecule has 0 radical (unpaired) electrons. The number of aryl methyl sites for hydroxylation is 4. The molecule has 628 valence electrons. The van der Waals surface area contributed by atoms with E-state index in [1.54, 1.807) is 57.2 Å². The third-order valence-electron chi connectivity index (χ3n) is 15.5. The van der Waals surface area contributed by atoms with Gasteiger partial charge in [0, 0.05) is 73.0 Å². The van der Waals surface area contributed by atoms with Gasteiger partial charge >= 0.3 is 12.4 Å². The quantitative estimate of drug-likeness (QED) is 0.0195. The van der Waals surface area contributed by atoms with Gasteiger partial charge in [-0.3, -0.25) is 19.4 Å². The highest BCUT2D eigenvalue weighted by molar-refractivity contribution is 7.90. The summed E-state index contributed by atoms with van der Waals surface area (Å²) in [4.78, 5) is 63.8. The minimum Gasteiger partial charge on any atom is -0.493 e. The fourth-order valence-electron chi connectivity index (χ4n) is 10.2. The number of nitrogens with zero attached hydrogens (tertiary/aromatic N) is 6. The second-order valence-electron chi connectivity index (χ2n) is 27.2. The minimum atomic E-state index is -4.60. The molecule has 0 saturated carbocycles. The smallest absolute Gasteiger partial charge is 0.409 e. The predicted octanol–water partition coefficient (Wildman–Crippen LogP) is 18.1. The second kappa shape index (κ2) is 41.3. The van der Waals surface area contributed by atoms with Crippen LogP contribution in [0.5, 0.6) is 29.0 Å². The van der Waals surface area contributed by atoms with E-state index < -0.39 is 125 Å². The summed E-state index contributed by atoms with van der Waals surface area (Å²) in [6.07, 6.45) is -5.70. The van der Waals surface area contributed by atoms with Crippen LogP contribution in [0.3, 0.4) is 0 Å². The molecule has 0 unspecified atom stereocenters. The molecular formula is C80H98F9N9O14S3. The van der Waals surface area contributed by atoms with Crippen LogP contribution in [0.25, 0.3) is 33.8 Å². The zero-order valence-corrected chi connectivity index (χ0v) is 66.7. The Bertz CT molecular complexity index is 5310. The van der Waals surface area contributed by atoms with Crippen molar-refractivity contribution in [1.82, 2.24) is 44.1 Å². The molecule has 0 saturated heterocycles. The van der Waals surface area contributed by atoms with E-state index in [1.807, 2.05) is 51.0 Å². The number of benzene rings is 3. The molecule has 0 bridgehead atoms.